The maximum absolute atomic E-state index is 10.9. The van der Waals surface area contributed by atoms with E-state index in [0.717, 1.165) is 11.1 Å². The lowest BCUT2D eigenvalue weighted by atomic mass is 10.1. The van der Waals surface area contributed by atoms with Crippen molar-refractivity contribution in [1.29, 1.82) is 0 Å². The number of halogens is 1. The second kappa shape index (κ2) is 8.49. The van der Waals surface area contributed by atoms with E-state index in [0.29, 0.717) is 23.1 Å². The third-order valence-corrected chi connectivity index (χ3v) is 4.19. The van der Waals surface area contributed by atoms with Gasteiger partial charge >= 0.3 is 12.0 Å². The Hall–Kier alpha value is -3.46. The van der Waals surface area contributed by atoms with Crippen molar-refractivity contribution in [3.63, 3.8) is 0 Å². The molecule has 0 aliphatic carbocycles. The van der Waals surface area contributed by atoms with Crippen molar-refractivity contribution in [2.24, 2.45) is 0 Å². The average Bonchev–Trinajstić information content (AvgIpc) is 2.67. The summed E-state index contributed by atoms with van der Waals surface area (Å²) in [6.07, 6.45) is 1.32. The first-order valence-corrected chi connectivity index (χ1v) is 8.65. The molecule has 0 spiro atoms. The van der Waals surface area contributed by atoms with Crippen molar-refractivity contribution < 1.29 is 14.6 Å². The molecule has 0 aliphatic rings. The molecular formula is C18H17ClN6O3. The molecule has 0 saturated heterocycles. The van der Waals surface area contributed by atoms with Crippen molar-refractivity contribution in [2.45, 2.75) is 6.92 Å². The largest absolute Gasteiger partial charge is 0.477 e. The third kappa shape index (κ3) is 4.63. The Morgan fingerprint density at radius 1 is 1.29 bits per heavy atom. The van der Waals surface area contributed by atoms with E-state index < -0.39 is 5.97 Å². The van der Waals surface area contributed by atoms with Gasteiger partial charge in [-0.1, -0.05) is 23.7 Å². The molecule has 0 amide bonds. The number of benzene rings is 1. The number of carboxylic acids is 1. The summed E-state index contributed by atoms with van der Waals surface area (Å²) in [6, 6.07) is 8.59. The quantitative estimate of drug-likeness (QED) is 0.511. The van der Waals surface area contributed by atoms with Crippen LogP contribution in [0.25, 0.3) is 11.3 Å². The van der Waals surface area contributed by atoms with E-state index in [1.54, 1.807) is 6.07 Å². The molecule has 3 aromatic rings. The van der Waals surface area contributed by atoms with Gasteiger partial charge in [-0.3, -0.25) is 0 Å². The van der Waals surface area contributed by atoms with Crippen LogP contribution >= 0.6 is 11.6 Å². The molecule has 0 aliphatic heterocycles. The fourth-order valence-corrected chi connectivity index (χ4v) is 2.60. The standard InChI is InChI=1S/C18H17ClN6O3/c1-10-11(3-2-4-12(10)19)14-9-15(25-17(20)23-14)21-7-8-28-18-22-6-5-13(24-18)16(26)27/h2-6,9H,7-8H2,1H3,(H,26,27)(H3,20,21,23,25). The van der Waals surface area contributed by atoms with Crippen molar-refractivity contribution in [2.75, 3.05) is 24.2 Å². The van der Waals surface area contributed by atoms with Crippen LogP contribution in [0.1, 0.15) is 16.1 Å². The van der Waals surface area contributed by atoms with Gasteiger partial charge < -0.3 is 20.9 Å². The number of hydrogen-bond acceptors (Lipinski definition) is 8. The molecule has 0 radical (unpaired) electrons. The number of nitrogens with one attached hydrogen (secondary N) is 1. The lowest BCUT2D eigenvalue weighted by molar-refractivity contribution is 0.0688. The molecule has 0 bridgehead atoms. The zero-order valence-corrected chi connectivity index (χ0v) is 15.6. The van der Waals surface area contributed by atoms with E-state index in [1.807, 2.05) is 25.1 Å². The van der Waals surface area contributed by atoms with Crippen LogP contribution in [0.15, 0.2) is 36.5 Å². The summed E-state index contributed by atoms with van der Waals surface area (Å²) in [4.78, 5) is 27.0. The topological polar surface area (TPSA) is 136 Å². The number of nitrogens with zero attached hydrogens (tertiary/aromatic N) is 4. The van der Waals surface area contributed by atoms with Gasteiger partial charge in [0.05, 0.1) is 12.2 Å². The summed E-state index contributed by atoms with van der Waals surface area (Å²) < 4.78 is 5.36. The number of anilines is 2. The molecule has 4 N–H and O–H groups in total. The fourth-order valence-electron chi connectivity index (χ4n) is 2.43. The fraction of sp³-hybridized carbons (Fsp3) is 0.167. The molecule has 10 heteroatoms. The Labute approximate surface area is 165 Å². The molecule has 0 fully saturated rings. The SMILES string of the molecule is Cc1c(Cl)cccc1-c1cc(NCCOc2nccc(C(=O)O)n2)nc(N)n1. The molecule has 0 saturated carbocycles. The van der Waals surface area contributed by atoms with Gasteiger partial charge in [0.1, 0.15) is 12.4 Å². The summed E-state index contributed by atoms with van der Waals surface area (Å²) in [5.41, 5.74) is 8.09. The second-order valence-electron chi connectivity index (χ2n) is 5.71. The van der Waals surface area contributed by atoms with E-state index >= 15 is 0 Å². The number of nitrogens with two attached hydrogens (primary N) is 1. The number of carbonyl (C=O) groups is 1. The summed E-state index contributed by atoms with van der Waals surface area (Å²) in [6.45, 7) is 2.46. The van der Waals surface area contributed by atoms with Crippen molar-refractivity contribution >= 4 is 29.3 Å². The van der Waals surface area contributed by atoms with Gasteiger partial charge in [-0.2, -0.15) is 9.97 Å². The third-order valence-electron chi connectivity index (χ3n) is 3.78. The highest BCUT2D eigenvalue weighted by molar-refractivity contribution is 6.31. The lowest BCUT2D eigenvalue weighted by Crippen LogP contribution is -2.15. The van der Waals surface area contributed by atoms with Crippen LogP contribution < -0.4 is 15.8 Å². The number of carboxylic acid groups (broad SMARTS) is 1. The summed E-state index contributed by atoms with van der Waals surface area (Å²) >= 11 is 6.18. The van der Waals surface area contributed by atoms with Crippen LogP contribution in [-0.4, -0.2) is 44.2 Å². The van der Waals surface area contributed by atoms with Crippen LogP contribution in [0.2, 0.25) is 5.02 Å². The van der Waals surface area contributed by atoms with Crippen molar-refractivity contribution in [3.05, 3.63) is 52.8 Å². The second-order valence-corrected chi connectivity index (χ2v) is 6.12. The molecule has 2 heterocycles. The molecular weight excluding hydrogens is 384 g/mol. The van der Waals surface area contributed by atoms with Gasteiger partial charge in [0.25, 0.3) is 0 Å². The van der Waals surface area contributed by atoms with Gasteiger partial charge in [0, 0.05) is 22.8 Å². The molecule has 144 valence electrons. The number of nitrogen functional groups attached to an aromatic ring is 1. The maximum atomic E-state index is 10.9. The zero-order chi connectivity index (χ0) is 20.1. The molecule has 3 rings (SSSR count). The Kier molecular flexibility index (Phi) is 5.85. The van der Waals surface area contributed by atoms with Gasteiger partial charge in [-0.05, 0) is 24.6 Å². The Morgan fingerprint density at radius 2 is 2.11 bits per heavy atom. The average molecular weight is 401 g/mol. The number of aromatic carboxylic acids is 1. The van der Waals surface area contributed by atoms with Crippen molar-refractivity contribution in [1.82, 2.24) is 19.9 Å². The smallest absolute Gasteiger partial charge is 0.354 e. The number of rotatable bonds is 7. The Balaban J connectivity index is 1.65. The first-order valence-electron chi connectivity index (χ1n) is 8.27. The van der Waals surface area contributed by atoms with Gasteiger partial charge in [0.2, 0.25) is 5.95 Å². The zero-order valence-electron chi connectivity index (χ0n) is 14.9. The van der Waals surface area contributed by atoms with Crippen LogP contribution in [0.3, 0.4) is 0 Å². The molecule has 0 atom stereocenters. The predicted molar refractivity (Wildman–Crippen MR) is 105 cm³/mol. The highest BCUT2D eigenvalue weighted by Gasteiger charge is 2.10. The van der Waals surface area contributed by atoms with Crippen LogP contribution in [0.4, 0.5) is 11.8 Å². The van der Waals surface area contributed by atoms with E-state index in [-0.39, 0.29) is 24.3 Å². The van der Waals surface area contributed by atoms with Gasteiger partial charge in [-0.15, -0.1) is 0 Å². The van der Waals surface area contributed by atoms with Gasteiger partial charge in [-0.25, -0.2) is 14.8 Å². The lowest BCUT2D eigenvalue weighted by Gasteiger charge is -2.11. The van der Waals surface area contributed by atoms with Crippen molar-refractivity contribution in [3.8, 4) is 17.3 Å². The minimum absolute atomic E-state index is 0.0147. The van der Waals surface area contributed by atoms with Crippen LogP contribution in [0, 0.1) is 6.92 Å². The summed E-state index contributed by atoms with van der Waals surface area (Å²) in [7, 11) is 0. The maximum Gasteiger partial charge on any atom is 0.354 e. The Morgan fingerprint density at radius 3 is 2.89 bits per heavy atom. The van der Waals surface area contributed by atoms with Crippen LogP contribution in [-0.2, 0) is 0 Å². The molecule has 9 nitrogen and oxygen atoms in total. The molecule has 28 heavy (non-hydrogen) atoms. The minimum Gasteiger partial charge on any atom is -0.477 e. The number of hydrogen-bond donors (Lipinski definition) is 3. The molecule has 0 unspecified atom stereocenters. The highest BCUT2D eigenvalue weighted by Crippen LogP contribution is 2.28. The Bertz CT molecular complexity index is 1010. The molecule has 2 aromatic heterocycles. The predicted octanol–water partition coefficient (Wildman–Crippen LogP) is 2.67. The highest BCUT2D eigenvalue weighted by atomic mass is 35.5. The number of aromatic nitrogens is 4. The summed E-state index contributed by atoms with van der Waals surface area (Å²) in [5, 5.41) is 12.6. The van der Waals surface area contributed by atoms with E-state index in [2.05, 4.69) is 25.3 Å². The van der Waals surface area contributed by atoms with Crippen LogP contribution in [0.5, 0.6) is 6.01 Å². The normalized spacial score (nSPS) is 10.5. The van der Waals surface area contributed by atoms with E-state index in [4.69, 9.17) is 27.2 Å². The first-order chi connectivity index (χ1) is 13.4. The van der Waals surface area contributed by atoms with E-state index in [9.17, 15) is 4.79 Å². The minimum atomic E-state index is -1.15. The molecule has 1 aromatic carbocycles. The number of ether oxygens (including phenoxy) is 1. The monoisotopic (exact) mass is 400 g/mol. The van der Waals surface area contributed by atoms with E-state index in [1.165, 1.54) is 12.3 Å². The first kappa shape index (κ1) is 19.3. The summed E-state index contributed by atoms with van der Waals surface area (Å²) in [5.74, 6) is -0.505. The van der Waals surface area contributed by atoms with Gasteiger partial charge in [0.15, 0.2) is 5.69 Å².